The predicted molar refractivity (Wildman–Crippen MR) is 107 cm³/mol. The van der Waals surface area contributed by atoms with Gasteiger partial charge in [0.05, 0.1) is 30.5 Å². The molecule has 0 atom stereocenters. The van der Waals surface area contributed by atoms with Crippen LogP contribution in [0.25, 0.3) is 5.82 Å². The first-order chi connectivity index (χ1) is 14.2. The van der Waals surface area contributed by atoms with E-state index in [2.05, 4.69) is 30.6 Å². The average molecular weight is 386 g/mol. The Morgan fingerprint density at radius 3 is 2.69 bits per heavy atom. The molecule has 4 rings (SSSR count). The standard InChI is InChI=1S/C20H18N8O/c21-20-16(5-2-6-22-20)23-11-15-4-1-3-14(9-15)10-18(29)17-12-25-19(13-24-17)28-8-7-26-27-28/h1-9,12-13,23H,10-11H2,(H2,21,22). The highest BCUT2D eigenvalue weighted by Crippen LogP contribution is 2.16. The van der Waals surface area contributed by atoms with Crippen LogP contribution in [0.5, 0.6) is 0 Å². The quantitative estimate of drug-likeness (QED) is 0.463. The summed E-state index contributed by atoms with van der Waals surface area (Å²) in [6, 6.07) is 11.5. The molecule has 0 fully saturated rings. The minimum Gasteiger partial charge on any atom is -0.382 e. The zero-order valence-electron chi connectivity index (χ0n) is 15.4. The number of anilines is 2. The van der Waals surface area contributed by atoms with E-state index in [-0.39, 0.29) is 12.2 Å². The van der Waals surface area contributed by atoms with Crippen molar-refractivity contribution in [3.63, 3.8) is 0 Å². The van der Waals surface area contributed by atoms with E-state index in [0.717, 1.165) is 16.8 Å². The number of carbonyl (C=O) groups is 1. The van der Waals surface area contributed by atoms with Gasteiger partial charge in [0, 0.05) is 19.2 Å². The van der Waals surface area contributed by atoms with E-state index in [4.69, 9.17) is 5.73 Å². The smallest absolute Gasteiger partial charge is 0.187 e. The highest BCUT2D eigenvalue weighted by atomic mass is 16.1. The summed E-state index contributed by atoms with van der Waals surface area (Å²) in [5, 5.41) is 10.8. The molecule has 0 aliphatic heterocycles. The third kappa shape index (κ3) is 4.41. The lowest BCUT2D eigenvalue weighted by Crippen LogP contribution is -2.09. The Balaban J connectivity index is 1.41. The van der Waals surface area contributed by atoms with Crippen LogP contribution in [0.4, 0.5) is 11.5 Å². The normalized spacial score (nSPS) is 10.6. The molecule has 0 amide bonds. The van der Waals surface area contributed by atoms with Gasteiger partial charge in [-0.15, -0.1) is 5.10 Å². The Morgan fingerprint density at radius 2 is 1.93 bits per heavy atom. The number of nitrogen functional groups attached to an aromatic ring is 1. The molecule has 1 aromatic carbocycles. The van der Waals surface area contributed by atoms with E-state index in [1.54, 1.807) is 18.6 Å². The second-order valence-corrected chi connectivity index (χ2v) is 6.32. The van der Waals surface area contributed by atoms with Gasteiger partial charge < -0.3 is 11.1 Å². The van der Waals surface area contributed by atoms with Crippen molar-refractivity contribution < 1.29 is 4.79 Å². The van der Waals surface area contributed by atoms with Crippen LogP contribution in [0.2, 0.25) is 0 Å². The number of Topliss-reactive ketones (excluding diaryl/α,β-unsaturated/α-hetero) is 1. The fourth-order valence-corrected chi connectivity index (χ4v) is 2.80. The third-order valence-corrected chi connectivity index (χ3v) is 4.26. The van der Waals surface area contributed by atoms with Crippen LogP contribution in [0.15, 0.2) is 67.4 Å². The molecule has 0 saturated heterocycles. The maximum atomic E-state index is 12.6. The molecule has 144 valence electrons. The van der Waals surface area contributed by atoms with E-state index < -0.39 is 0 Å². The molecule has 3 N–H and O–H groups in total. The number of nitrogens with one attached hydrogen (secondary N) is 1. The summed E-state index contributed by atoms with van der Waals surface area (Å²) in [5.41, 5.74) is 8.86. The Labute approximate surface area is 166 Å². The molecule has 0 radical (unpaired) electrons. The molecular formula is C20H18N8O. The number of ketones is 1. The summed E-state index contributed by atoms with van der Waals surface area (Å²) >= 11 is 0. The number of pyridine rings is 1. The molecule has 4 aromatic rings. The van der Waals surface area contributed by atoms with Crippen LogP contribution in [0.1, 0.15) is 21.6 Å². The number of carbonyl (C=O) groups excluding carboxylic acids is 1. The number of benzene rings is 1. The van der Waals surface area contributed by atoms with Gasteiger partial charge in [-0.2, -0.15) is 0 Å². The highest BCUT2D eigenvalue weighted by molar-refractivity contribution is 5.95. The van der Waals surface area contributed by atoms with E-state index in [1.165, 1.54) is 17.1 Å². The molecular weight excluding hydrogens is 368 g/mol. The summed E-state index contributed by atoms with van der Waals surface area (Å²) in [5.74, 6) is 0.845. The van der Waals surface area contributed by atoms with E-state index in [0.29, 0.717) is 23.9 Å². The molecule has 0 saturated carbocycles. The minimum absolute atomic E-state index is 0.107. The fraction of sp³-hybridized carbons (Fsp3) is 0.100. The van der Waals surface area contributed by atoms with Gasteiger partial charge in [0.2, 0.25) is 0 Å². The van der Waals surface area contributed by atoms with Gasteiger partial charge in [-0.25, -0.2) is 19.6 Å². The molecule has 0 unspecified atom stereocenters. The number of nitrogens with zero attached hydrogens (tertiary/aromatic N) is 6. The van der Waals surface area contributed by atoms with Crippen molar-refractivity contribution in [2.45, 2.75) is 13.0 Å². The molecule has 9 nitrogen and oxygen atoms in total. The van der Waals surface area contributed by atoms with Crippen LogP contribution in [-0.4, -0.2) is 35.7 Å². The summed E-state index contributed by atoms with van der Waals surface area (Å²) in [4.78, 5) is 25.0. The Kier molecular flexibility index (Phi) is 5.19. The maximum absolute atomic E-state index is 12.6. The first kappa shape index (κ1) is 18.2. The Hall–Kier alpha value is -4.14. The number of hydrogen-bond acceptors (Lipinski definition) is 8. The third-order valence-electron chi connectivity index (χ3n) is 4.26. The van der Waals surface area contributed by atoms with Crippen molar-refractivity contribution in [3.8, 4) is 5.82 Å². The van der Waals surface area contributed by atoms with Crippen LogP contribution < -0.4 is 11.1 Å². The second-order valence-electron chi connectivity index (χ2n) is 6.32. The van der Waals surface area contributed by atoms with Crippen molar-refractivity contribution in [3.05, 3.63) is 84.2 Å². The monoisotopic (exact) mass is 386 g/mol. The molecule has 3 heterocycles. The van der Waals surface area contributed by atoms with Gasteiger partial charge in [0.1, 0.15) is 11.5 Å². The van der Waals surface area contributed by atoms with E-state index in [1.807, 2.05) is 36.4 Å². The Bertz CT molecular complexity index is 1110. The number of rotatable bonds is 7. The van der Waals surface area contributed by atoms with Crippen LogP contribution in [-0.2, 0) is 13.0 Å². The minimum atomic E-state index is -0.107. The topological polar surface area (TPSA) is 124 Å². The summed E-state index contributed by atoms with van der Waals surface area (Å²) < 4.78 is 1.48. The molecule has 0 aliphatic rings. The lowest BCUT2D eigenvalue weighted by Gasteiger charge is -2.09. The van der Waals surface area contributed by atoms with Crippen molar-refractivity contribution in [1.29, 1.82) is 0 Å². The van der Waals surface area contributed by atoms with Crippen molar-refractivity contribution in [1.82, 2.24) is 29.9 Å². The Morgan fingerprint density at radius 1 is 1.03 bits per heavy atom. The van der Waals surface area contributed by atoms with Crippen LogP contribution in [0, 0.1) is 0 Å². The second kappa shape index (κ2) is 8.26. The SMILES string of the molecule is Nc1ncccc1NCc1cccc(CC(=O)c2cnc(-n3ccnn3)cn2)c1. The van der Waals surface area contributed by atoms with Crippen molar-refractivity contribution in [2.24, 2.45) is 0 Å². The largest absolute Gasteiger partial charge is 0.382 e. The molecule has 0 bridgehead atoms. The first-order valence-corrected chi connectivity index (χ1v) is 8.93. The van der Waals surface area contributed by atoms with E-state index >= 15 is 0 Å². The summed E-state index contributed by atoms with van der Waals surface area (Å²) in [6.45, 7) is 0.574. The maximum Gasteiger partial charge on any atom is 0.187 e. The van der Waals surface area contributed by atoms with Gasteiger partial charge in [-0.3, -0.25) is 4.79 Å². The number of aromatic nitrogens is 6. The van der Waals surface area contributed by atoms with Crippen LogP contribution >= 0.6 is 0 Å². The highest BCUT2D eigenvalue weighted by Gasteiger charge is 2.11. The number of nitrogens with two attached hydrogens (primary N) is 1. The fourth-order valence-electron chi connectivity index (χ4n) is 2.80. The summed E-state index contributed by atoms with van der Waals surface area (Å²) in [6.07, 6.45) is 8.04. The molecule has 29 heavy (non-hydrogen) atoms. The van der Waals surface area contributed by atoms with Crippen LogP contribution in [0.3, 0.4) is 0 Å². The van der Waals surface area contributed by atoms with Gasteiger partial charge >= 0.3 is 0 Å². The van der Waals surface area contributed by atoms with Gasteiger partial charge in [-0.05, 0) is 23.3 Å². The molecule has 0 aliphatic carbocycles. The van der Waals surface area contributed by atoms with Gasteiger partial charge in [0.25, 0.3) is 0 Å². The first-order valence-electron chi connectivity index (χ1n) is 8.93. The molecule has 3 aromatic heterocycles. The lowest BCUT2D eigenvalue weighted by molar-refractivity contribution is 0.0988. The van der Waals surface area contributed by atoms with Crippen molar-refractivity contribution in [2.75, 3.05) is 11.1 Å². The van der Waals surface area contributed by atoms with E-state index in [9.17, 15) is 4.79 Å². The molecule has 0 spiro atoms. The number of hydrogen-bond donors (Lipinski definition) is 2. The lowest BCUT2D eigenvalue weighted by atomic mass is 10.0. The predicted octanol–water partition coefficient (Wildman–Crippen LogP) is 2.07. The molecule has 9 heteroatoms. The zero-order valence-corrected chi connectivity index (χ0v) is 15.4. The van der Waals surface area contributed by atoms with Crippen molar-refractivity contribution >= 4 is 17.3 Å². The van der Waals surface area contributed by atoms with Gasteiger partial charge in [-0.1, -0.05) is 29.5 Å². The average Bonchev–Trinajstić information content (AvgIpc) is 3.28. The van der Waals surface area contributed by atoms with Gasteiger partial charge in [0.15, 0.2) is 11.6 Å². The zero-order chi connectivity index (χ0) is 20.1. The summed E-state index contributed by atoms with van der Waals surface area (Å²) in [7, 11) is 0.